The number of rotatable bonds is 4. The van der Waals surface area contributed by atoms with Crippen molar-refractivity contribution >= 4 is 6.09 Å². The molecule has 1 aliphatic carbocycles. The van der Waals surface area contributed by atoms with Crippen molar-refractivity contribution in [3.63, 3.8) is 0 Å². The normalized spacial score (nSPS) is 26.7. The van der Waals surface area contributed by atoms with Crippen LogP contribution >= 0.6 is 0 Å². The van der Waals surface area contributed by atoms with Gasteiger partial charge in [0, 0.05) is 6.54 Å². The van der Waals surface area contributed by atoms with Gasteiger partial charge in [-0.3, -0.25) is 4.68 Å². The van der Waals surface area contributed by atoms with E-state index in [9.17, 15) is 4.79 Å². The van der Waals surface area contributed by atoms with Crippen LogP contribution in [-0.4, -0.2) is 32.0 Å². The zero-order valence-electron chi connectivity index (χ0n) is 14.8. The molecule has 1 aromatic heterocycles. The first kappa shape index (κ1) is 17.5. The average Bonchev–Trinajstić information content (AvgIpc) is 2.99. The molecule has 0 bridgehead atoms. The van der Waals surface area contributed by atoms with Gasteiger partial charge in [0.05, 0.1) is 5.54 Å². The van der Waals surface area contributed by atoms with E-state index in [1.165, 1.54) is 0 Å². The first-order valence-electron chi connectivity index (χ1n) is 8.07. The van der Waals surface area contributed by atoms with E-state index in [1.54, 1.807) is 12.7 Å². The van der Waals surface area contributed by atoms with Crippen LogP contribution in [0.15, 0.2) is 25.3 Å². The van der Waals surface area contributed by atoms with E-state index in [1.807, 2.05) is 31.5 Å². The number of nitrogens with zero attached hydrogens (tertiary/aromatic N) is 3. The lowest BCUT2D eigenvalue weighted by Gasteiger charge is -2.43. The molecule has 2 rings (SSSR count). The third-order valence-corrected chi connectivity index (χ3v) is 5.00. The van der Waals surface area contributed by atoms with E-state index < -0.39 is 17.2 Å². The molecule has 1 aliphatic rings. The molecule has 1 amide bonds. The fourth-order valence-corrected chi connectivity index (χ4v) is 3.45. The summed E-state index contributed by atoms with van der Waals surface area (Å²) in [6, 6.07) is 0. The molecule has 6 nitrogen and oxygen atoms in total. The Morgan fingerprint density at radius 1 is 1.52 bits per heavy atom. The molecule has 0 aliphatic heterocycles. The Morgan fingerprint density at radius 2 is 2.22 bits per heavy atom. The summed E-state index contributed by atoms with van der Waals surface area (Å²) in [7, 11) is 0. The van der Waals surface area contributed by atoms with Crippen molar-refractivity contribution in [2.45, 2.75) is 65.1 Å². The quantitative estimate of drug-likeness (QED) is 0.865. The summed E-state index contributed by atoms with van der Waals surface area (Å²) < 4.78 is 7.28. The van der Waals surface area contributed by atoms with E-state index in [0.717, 1.165) is 19.4 Å². The number of ether oxygens (including phenoxy) is 1. The van der Waals surface area contributed by atoms with Crippen molar-refractivity contribution in [2.75, 3.05) is 0 Å². The van der Waals surface area contributed by atoms with E-state index in [-0.39, 0.29) is 5.41 Å². The number of nitrogens with one attached hydrogen (secondary N) is 1. The smallest absolute Gasteiger partial charge is 0.408 e. The summed E-state index contributed by atoms with van der Waals surface area (Å²) in [5.41, 5.74) is -1.17. The van der Waals surface area contributed by atoms with Crippen LogP contribution in [-0.2, 0) is 11.3 Å². The number of hydrogen-bond donors (Lipinski definition) is 1. The largest absolute Gasteiger partial charge is 0.444 e. The molecule has 1 heterocycles. The first-order valence-corrected chi connectivity index (χ1v) is 8.07. The van der Waals surface area contributed by atoms with Crippen molar-refractivity contribution in [2.24, 2.45) is 11.3 Å². The SMILES string of the molecule is C=C[C@@]1(NC(=O)OC(C)(C)C)CC[C@H](Cn2cncn2)C1(C)C. The molecule has 0 unspecified atom stereocenters. The van der Waals surface area contributed by atoms with Crippen LogP contribution in [0.1, 0.15) is 47.5 Å². The second-order valence-corrected chi connectivity index (χ2v) is 7.88. The lowest BCUT2D eigenvalue weighted by molar-refractivity contribution is 0.0383. The van der Waals surface area contributed by atoms with Crippen molar-refractivity contribution in [3.8, 4) is 0 Å². The van der Waals surface area contributed by atoms with Crippen molar-refractivity contribution in [3.05, 3.63) is 25.3 Å². The molecule has 1 N–H and O–H groups in total. The van der Waals surface area contributed by atoms with Gasteiger partial charge >= 0.3 is 6.09 Å². The number of carbonyl (C=O) groups is 1. The molecule has 23 heavy (non-hydrogen) atoms. The van der Waals surface area contributed by atoms with Crippen LogP contribution in [0.4, 0.5) is 4.79 Å². The Bertz CT molecular complexity index is 560. The molecule has 1 aromatic rings. The number of carbonyl (C=O) groups excluding carboxylic acids is 1. The highest BCUT2D eigenvalue weighted by Gasteiger charge is 2.54. The third kappa shape index (κ3) is 3.57. The van der Waals surface area contributed by atoms with Crippen LogP contribution in [0.25, 0.3) is 0 Å². The number of aromatic nitrogens is 3. The predicted molar refractivity (Wildman–Crippen MR) is 88.8 cm³/mol. The molecular formula is C17H28N4O2. The Labute approximate surface area is 138 Å². The molecular weight excluding hydrogens is 292 g/mol. The fourth-order valence-electron chi connectivity index (χ4n) is 3.45. The van der Waals surface area contributed by atoms with Crippen LogP contribution in [0.2, 0.25) is 0 Å². The summed E-state index contributed by atoms with van der Waals surface area (Å²) in [6.07, 6.45) is 6.55. The minimum Gasteiger partial charge on any atom is -0.444 e. The van der Waals surface area contributed by atoms with Crippen LogP contribution in [0, 0.1) is 11.3 Å². The molecule has 128 valence electrons. The fraction of sp³-hybridized carbons (Fsp3) is 0.706. The summed E-state index contributed by atoms with van der Waals surface area (Å²) in [6.45, 7) is 14.7. The summed E-state index contributed by atoms with van der Waals surface area (Å²) in [5, 5.41) is 7.27. The van der Waals surface area contributed by atoms with Crippen molar-refractivity contribution in [1.82, 2.24) is 20.1 Å². The summed E-state index contributed by atoms with van der Waals surface area (Å²) >= 11 is 0. The maximum atomic E-state index is 12.3. The minimum absolute atomic E-state index is 0.169. The number of hydrogen-bond acceptors (Lipinski definition) is 4. The average molecular weight is 320 g/mol. The maximum Gasteiger partial charge on any atom is 0.408 e. The van der Waals surface area contributed by atoms with E-state index in [0.29, 0.717) is 5.92 Å². The highest BCUT2D eigenvalue weighted by molar-refractivity contribution is 5.69. The molecule has 1 saturated carbocycles. The Hall–Kier alpha value is -1.85. The molecule has 2 atom stereocenters. The van der Waals surface area contributed by atoms with Gasteiger partial charge in [-0.05, 0) is 44.9 Å². The van der Waals surface area contributed by atoms with Gasteiger partial charge in [-0.25, -0.2) is 9.78 Å². The van der Waals surface area contributed by atoms with Gasteiger partial charge in [0.1, 0.15) is 18.3 Å². The number of alkyl carbamates (subject to hydrolysis) is 1. The monoisotopic (exact) mass is 320 g/mol. The second-order valence-electron chi connectivity index (χ2n) is 7.88. The Kier molecular flexibility index (Phi) is 4.55. The highest BCUT2D eigenvalue weighted by Crippen LogP contribution is 2.51. The number of amides is 1. The molecule has 0 spiro atoms. The zero-order valence-corrected chi connectivity index (χ0v) is 14.8. The first-order chi connectivity index (χ1) is 10.6. The minimum atomic E-state index is -0.519. The Morgan fingerprint density at radius 3 is 2.74 bits per heavy atom. The molecule has 0 aromatic carbocycles. The summed E-state index contributed by atoms with van der Waals surface area (Å²) in [5.74, 6) is 0.358. The summed E-state index contributed by atoms with van der Waals surface area (Å²) in [4.78, 5) is 16.3. The van der Waals surface area contributed by atoms with Gasteiger partial charge < -0.3 is 10.1 Å². The maximum absolute atomic E-state index is 12.3. The van der Waals surface area contributed by atoms with Crippen LogP contribution in [0.3, 0.4) is 0 Å². The predicted octanol–water partition coefficient (Wildman–Crippen LogP) is 3.16. The lowest BCUT2D eigenvalue weighted by Crippen LogP contribution is -2.56. The van der Waals surface area contributed by atoms with E-state index >= 15 is 0 Å². The van der Waals surface area contributed by atoms with Gasteiger partial charge in [0.15, 0.2) is 0 Å². The lowest BCUT2D eigenvalue weighted by atomic mass is 9.70. The van der Waals surface area contributed by atoms with Gasteiger partial charge in [-0.2, -0.15) is 5.10 Å². The van der Waals surface area contributed by atoms with Gasteiger partial charge in [0.25, 0.3) is 0 Å². The molecule has 0 radical (unpaired) electrons. The zero-order chi connectivity index (χ0) is 17.3. The Balaban J connectivity index is 2.15. The van der Waals surface area contributed by atoms with Gasteiger partial charge in [0.2, 0.25) is 0 Å². The molecule has 1 fully saturated rings. The van der Waals surface area contributed by atoms with Crippen LogP contribution in [0.5, 0.6) is 0 Å². The van der Waals surface area contributed by atoms with Gasteiger partial charge in [-0.1, -0.05) is 19.9 Å². The topological polar surface area (TPSA) is 69.0 Å². The van der Waals surface area contributed by atoms with Crippen molar-refractivity contribution < 1.29 is 9.53 Å². The highest BCUT2D eigenvalue weighted by atomic mass is 16.6. The molecule has 6 heteroatoms. The van der Waals surface area contributed by atoms with Crippen molar-refractivity contribution in [1.29, 1.82) is 0 Å². The van der Waals surface area contributed by atoms with Gasteiger partial charge in [-0.15, -0.1) is 6.58 Å². The second kappa shape index (κ2) is 5.98. The molecule has 0 saturated heterocycles. The van der Waals surface area contributed by atoms with E-state index in [4.69, 9.17) is 4.74 Å². The van der Waals surface area contributed by atoms with E-state index in [2.05, 4.69) is 35.8 Å². The standard InChI is InChI=1S/C17H28N4O2/c1-7-17(20-14(22)23-15(2,3)4)9-8-13(16(17,5)6)10-21-12-18-11-19-21/h7,11-13H,1,8-10H2,2-6H3,(H,20,22)/t13-,17-/m1/s1. The van der Waals surface area contributed by atoms with Crippen LogP contribution < -0.4 is 5.32 Å². The third-order valence-electron chi connectivity index (χ3n) is 5.00.